The molecule has 0 aliphatic carbocycles. The molecule has 1 amide bonds. The average Bonchev–Trinajstić information content (AvgIpc) is 2.36. The Labute approximate surface area is 125 Å². The summed E-state index contributed by atoms with van der Waals surface area (Å²) < 4.78 is 15.7. The third kappa shape index (κ3) is 6.74. The second-order valence-corrected chi connectivity index (χ2v) is 5.47. The molecule has 6 heteroatoms. The molecule has 0 fully saturated rings. The molecule has 0 saturated heterocycles. The molecule has 2 N–H and O–H groups in total. The number of alkyl carbamates (subject to hydrolysis) is 1. The molecule has 0 radical (unpaired) electrons. The number of hydrogen-bond donors (Lipinski definition) is 2. The van der Waals surface area contributed by atoms with Gasteiger partial charge < -0.3 is 24.6 Å². The number of hydrogen-bond acceptors (Lipinski definition) is 5. The number of aromatic hydroxyl groups is 1. The molecular weight excluding hydrogens is 274 g/mol. The van der Waals surface area contributed by atoms with Gasteiger partial charge in [0.2, 0.25) is 0 Å². The molecule has 0 aliphatic rings. The van der Waals surface area contributed by atoms with Gasteiger partial charge in [-0.1, -0.05) is 0 Å². The van der Waals surface area contributed by atoms with Crippen LogP contribution in [0.4, 0.5) is 4.79 Å². The molecule has 21 heavy (non-hydrogen) atoms. The minimum Gasteiger partial charge on any atom is -0.508 e. The van der Waals surface area contributed by atoms with Crippen LogP contribution in [-0.4, -0.2) is 37.1 Å². The molecule has 0 bridgehead atoms. The number of amides is 1. The van der Waals surface area contributed by atoms with E-state index in [1.54, 1.807) is 6.07 Å². The molecule has 0 spiro atoms. The van der Waals surface area contributed by atoms with E-state index in [0.29, 0.717) is 31.1 Å². The maximum absolute atomic E-state index is 11.4. The zero-order valence-electron chi connectivity index (χ0n) is 12.9. The van der Waals surface area contributed by atoms with Crippen molar-refractivity contribution in [2.24, 2.45) is 0 Å². The number of nitrogens with one attached hydrogen (secondary N) is 1. The SMILES string of the molecule is COc1ccc(O)cc1OCCCNC(=O)OC(C)(C)C. The Kier molecular flexibility index (Phi) is 6.14. The lowest BCUT2D eigenvalue weighted by molar-refractivity contribution is 0.0525. The van der Waals surface area contributed by atoms with E-state index >= 15 is 0 Å². The van der Waals surface area contributed by atoms with E-state index in [9.17, 15) is 9.90 Å². The standard InChI is InChI=1S/C15H23NO5/c1-15(2,3)21-14(18)16-8-5-9-20-13-10-11(17)6-7-12(13)19-4/h6-7,10,17H,5,8-9H2,1-4H3,(H,16,18). The first kappa shape index (κ1) is 16.9. The van der Waals surface area contributed by atoms with Gasteiger partial charge in [0.05, 0.1) is 13.7 Å². The lowest BCUT2D eigenvalue weighted by Crippen LogP contribution is -2.33. The third-order valence-electron chi connectivity index (χ3n) is 2.39. The van der Waals surface area contributed by atoms with Crippen LogP contribution >= 0.6 is 0 Å². The van der Waals surface area contributed by atoms with E-state index in [0.717, 1.165) is 0 Å². The van der Waals surface area contributed by atoms with Crippen LogP contribution in [0.5, 0.6) is 17.2 Å². The molecule has 0 aliphatic heterocycles. The van der Waals surface area contributed by atoms with E-state index in [-0.39, 0.29) is 5.75 Å². The monoisotopic (exact) mass is 297 g/mol. The van der Waals surface area contributed by atoms with E-state index in [1.807, 2.05) is 20.8 Å². The van der Waals surface area contributed by atoms with Gasteiger partial charge in [0, 0.05) is 12.6 Å². The maximum Gasteiger partial charge on any atom is 0.407 e. The van der Waals surface area contributed by atoms with Crippen molar-refractivity contribution in [1.29, 1.82) is 0 Å². The van der Waals surface area contributed by atoms with Gasteiger partial charge in [-0.25, -0.2) is 4.79 Å². The highest BCUT2D eigenvalue weighted by molar-refractivity contribution is 5.67. The van der Waals surface area contributed by atoms with Crippen LogP contribution in [0, 0.1) is 0 Å². The van der Waals surface area contributed by atoms with E-state index < -0.39 is 11.7 Å². The highest BCUT2D eigenvalue weighted by Gasteiger charge is 2.15. The predicted octanol–water partition coefficient (Wildman–Crippen LogP) is 2.69. The van der Waals surface area contributed by atoms with Gasteiger partial charge in [-0.3, -0.25) is 0 Å². The summed E-state index contributed by atoms with van der Waals surface area (Å²) in [4.78, 5) is 11.4. The van der Waals surface area contributed by atoms with Crippen molar-refractivity contribution >= 4 is 6.09 Å². The van der Waals surface area contributed by atoms with Crippen LogP contribution in [0.3, 0.4) is 0 Å². The lowest BCUT2D eigenvalue weighted by Gasteiger charge is -2.19. The first-order valence-corrected chi connectivity index (χ1v) is 6.78. The molecular formula is C15H23NO5. The minimum atomic E-state index is -0.504. The summed E-state index contributed by atoms with van der Waals surface area (Å²) in [5, 5.41) is 12.1. The van der Waals surface area contributed by atoms with Crippen LogP contribution in [0.25, 0.3) is 0 Å². The van der Waals surface area contributed by atoms with Gasteiger partial charge in [-0.15, -0.1) is 0 Å². The molecule has 0 saturated carbocycles. The smallest absolute Gasteiger partial charge is 0.407 e. The molecule has 0 atom stereocenters. The number of benzene rings is 1. The number of ether oxygens (including phenoxy) is 3. The van der Waals surface area contributed by atoms with Crippen molar-refractivity contribution < 1.29 is 24.1 Å². The van der Waals surface area contributed by atoms with Crippen molar-refractivity contribution in [3.05, 3.63) is 18.2 Å². The van der Waals surface area contributed by atoms with Gasteiger partial charge in [-0.2, -0.15) is 0 Å². The Hall–Kier alpha value is -2.11. The average molecular weight is 297 g/mol. The van der Waals surface area contributed by atoms with Crippen LogP contribution in [-0.2, 0) is 4.74 Å². The molecule has 1 aromatic carbocycles. The molecule has 6 nitrogen and oxygen atoms in total. The molecule has 0 unspecified atom stereocenters. The highest BCUT2D eigenvalue weighted by Crippen LogP contribution is 2.30. The summed E-state index contributed by atoms with van der Waals surface area (Å²) in [5.74, 6) is 1.13. The minimum absolute atomic E-state index is 0.109. The second kappa shape index (κ2) is 7.61. The first-order valence-electron chi connectivity index (χ1n) is 6.78. The van der Waals surface area contributed by atoms with Crippen LogP contribution in [0.15, 0.2) is 18.2 Å². The molecule has 1 rings (SSSR count). The zero-order chi connectivity index (χ0) is 15.9. The fraction of sp³-hybridized carbons (Fsp3) is 0.533. The number of phenols is 1. The van der Waals surface area contributed by atoms with Crippen molar-refractivity contribution in [1.82, 2.24) is 5.32 Å². The Balaban J connectivity index is 2.29. The molecule has 1 aromatic rings. The van der Waals surface area contributed by atoms with Crippen molar-refractivity contribution in [2.75, 3.05) is 20.3 Å². The van der Waals surface area contributed by atoms with E-state index in [4.69, 9.17) is 14.2 Å². The third-order valence-corrected chi connectivity index (χ3v) is 2.39. The Morgan fingerprint density at radius 2 is 2.00 bits per heavy atom. The summed E-state index contributed by atoms with van der Waals surface area (Å²) in [6, 6.07) is 4.64. The largest absolute Gasteiger partial charge is 0.508 e. The number of phenolic OH excluding ortho intramolecular Hbond substituents is 1. The fourth-order valence-electron chi connectivity index (χ4n) is 1.54. The summed E-state index contributed by atoms with van der Waals surface area (Å²) in [6.45, 7) is 6.25. The number of carbonyl (C=O) groups is 1. The second-order valence-electron chi connectivity index (χ2n) is 5.47. The highest BCUT2D eigenvalue weighted by atomic mass is 16.6. The summed E-state index contributed by atoms with van der Waals surface area (Å²) in [5.41, 5.74) is -0.504. The number of methoxy groups -OCH3 is 1. The van der Waals surface area contributed by atoms with Gasteiger partial charge in [0.15, 0.2) is 11.5 Å². The predicted molar refractivity (Wildman–Crippen MR) is 79.0 cm³/mol. The van der Waals surface area contributed by atoms with Crippen LogP contribution in [0.1, 0.15) is 27.2 Å². The summed E-state index contributed by atoms with van der Waals surface area (Å²) >= 11 is 0. The van der Waals surface area contributed by atoms with Crippen molar-refractivity contribution in [3.63, 3.8) is 0 Å². The van der Waals surface area contributed by atoms with Crippen LogP contribution < -0.4 is 14.8 Å². The van der Waals surface area contributed by atoms with Crippen molar-refractivity contribution in [3.8, 4) is 17.2 Å². The zero-order valence-corrected chi connectivity index (χ0v) is 12.9. The molecule has 0 aromatic heterocycles. The lowest BCUT2D eigenvalue weighted by atomic mass is 10.2. The normalized spacial score (nSPS) is 10.9. The maximum atomic E-state index is 11.4. The number of rotatable bonds is 6. The quantitative estimate of drug-likeness (QED) is 0.789. The summed E-state index contributed by atoms with van der Waals surface area (Å²) in [7, 11) is 1.53. The van der Waals surface area contributed by atoms with E-state index in [1.165, 1.54) is 19.2 Å². The topological polar surface area (TPSA) is 77.0 Å². The van der Waals surface area contributed by atoms with Gasteiger partial charge >= 0.3 is 6.09 Å². The Morgan fingerprint density at radius 3 is 2.62 bits per heavy atom. The fourth-order valence-corrected chi connectivity index (χ4v) is 1.54. The van der Waals surface area contributed by atoms with Crippen molar-refractivity contribution in [2.45, 2.75) is 32.8 Å². The van der Waals surface area contributed by atoms with Crippen LogP contribution in [0.2, 0.25) is 0 Å². The molecule has 118 valence electrons. The number of carbonyl (C=O) groups excluding carboxylic acids is 1. The Bertz CT molecular complexity index is 468. The summed E-state index contributed by atoms with van der Waals surface area (Å²) in [6.07, 6.45) is 0.162. The Morgan fingerprint density at radius 1 is 1.29 bits per heavy atom. The van der Waals surface area contributed by atoms with E-state index in [2.05, 4.69) is 5.32 Å². The molecule has 0 heterocycles. The van der Waals surface area contributed by atoms with Gasteiger partial charge in [0.25, 0.3) is 0 Å². The first-order chi connectivity index (χ1) is 9.81. The van der Waals surface area contributed by atoms with Gasteiger partial charge in [-0.05, 0) is 39.3 Å². The van der Waals surface area contributed by atoms with Gasteiger partial charge in [0.1, 0.15) is 11.4 Å².